The Hall–Kier alpha value is -3.09. The van der Waals surface area contributed by atoms with Gasteiger partial charge < -0.3 is 19.2 Å². The third kappa shape index (κ3) is 3.45. The van der Waals surface area contributed by atoms with Gasteiger partial charge in [0.1, 0.15) is 6.04 Å². The molecule has 0 aliphatic carbocycles. The Morgan fingerprint density at radius 3 is 2.70 bits per heavy atom. The fourth-order valence-electron chi connectivity index (χ4n) is 3.52. The zero-order chi connectivity index (χ0) is 18.8. The molecule has 0 spiro atoms. The number of carbonyl (C=O) groups excluding carboxylic acids is 2. The first-order valence-electron chi connectivity index (χ1n) is 9.18. The number of amides is 2. The molecule has 7 heteroatoms. The monoisotopic (exact) mass is 366 g/mol. The second-order valence-corrected chi connectivity index (χ2v) is 6.87. The van der Waals surface area contributed by atoms with Gasteiger partial charge in [-0.1, -0.05) is 12.1 Å². The number of benzene rings is 1. The molecule has 1 aromatic carbocycles. The molecule has 1 aliphatic rings. The lowest BCUT2D eigenvalue weighted by Crippen LogP contribution is -2.47. The molecule has 1 N–H and O–H groups in total. The second-order valence-electron chi connectivity index (χ2n) is 6.87. The highest BCUT2D eigenvalue weighted by Gasteiger charge is 2.27. The van der Waals surface area contributed by atoms with Gasteiger partial charge in [0, 0.05) is 19.1 Å². The molecule has 1 fully saturated rings. The third-order valence-electron chi connectivity index (χ3n) is 5.14. The largest absolute Gasteiger partial charge is 0.459 e. The highest BCUT2D eigenvalue weighted by atomic mass is 16.3. The average molecular weight is 366 g/mol. The highest BCUT2D eigenvalue weighted by molar-refractivity contribution is 5.91. The lowest BCUT2D eigenvalue weighted by atomic mass is 10.0. The summed E-state index contributed by atoms with van der Waals surface area (Å²) in [5.74, 6) is 0.232. The molecule has 140 valence electrons. The van der Waals surface area contributed by atoms with Gasteiger partial charge in [0.15, 0.2) is 5.76 Å². The van der Waals surface area contributed by atoms with E-state index in [4.69, 9.17) is 4.42 Å². The molecular formula is C20H22N4O3. The number of fused-ring (bicyclic) bond motifs is 1. The van der Waals surface area contributed by atoms with E-state index in [0.717, 1.165) is 23.9 Å². The van der Waals surface area contributed by atoms with Crippen LogP contribution in [0.4, 0.5) is 0 Å². The van der Waals surface area contributed by atoms with Gasteiger partial charge in [0.2, 0.25) is 5.91 Å². The number of carbonyl (C=O) groups is 2. The lowest BCUT2D eigenvalue weighted by molar-refractivity contribution is -0.124. The van der Waals surface area contributed by atoms with E-state index in [0.29, 0.717) is 18.8 Å². The first kappa shape index (κ1) is 17.3. The third-order valence-corrected chi connectivity index (χ3v) is 5.14. The van der Waals surface area contributed by atoms with Crippen molar-refractivity contribution < 1.29 is 14.0 Å². The van der Waals surface area contributed by atoms with Crippen LogP contribution < -0.4 is 5.32 Å². The van der Waals surface area contributed by atoms with Crippen LogP contribution in [0.1, 0.15) is 36.4 Å². The van der Waals surface area contributed by atoms with Crippen LogP contribution in [-0.2, 0) is 4.79 Å². The standard InChI is InChI=1S/C20H22N4O3/c1-14(24-13-21-16-5-2-3-6-17(16)24)19(25)22-15-8-10-23(11-9-15)20(26)18-7-4-12-27-18/h2-7,12-15H,8-11H2,1H3,(H,22,25). The molecule has 2 aromatic heterocycles. The summed E-state index contributed by atoms with van der Waals surface area (Å²) in [7, 11) is 0. The fraction of sp³-hybridized carbons (Fsp3) is 0.350. The number of likely N-dealkylation sites (tertiary alicyclic amines) is 1. The van der Waals surface area contributed by atoms with Crippen molar-refractivity contribution in [2.75, 3.05) is 13.1 Å². The predicted octanol–water partition coefficient (Wildman–Crippen LogP) is 2.61. The number of hydrogen-bond donors (Lipinski definition) is 1. The van der Waals surface area contributed by atoms with E-state index in [1.807, 2.05) is 35.8 Å². The molecule has 0 bridgehead atoms. The number of nitrogens with one attached hydrogen (secondary N) is 1. The van der Waals surface area contributed by atoms with E-state index in [-0.39, 0.29) is 23.9 Å². The number of piperidine rings is 1. The van der Waals surface area contributed by atoms with Gasteiger partial charge >= 0.3 is 0 Å². The minimum atomic E-state index is -0.347. The maximum absolute atomic E-state index is 12.7. The van der Waals surface area contributed by atoms with Crippen LogP contribution in [0, 0.1) is 0 Å². The molecule has 1 unspecified atom stereocenters. The summed E-state index contributed by atoms with van der Waals surface area (Å²) in [6.45, 7) is 3.08. The van der Waals surface area contributed by atoms with Gasteiger partial charge in [-0.3, -0.25) is 9.59 Å². The minimum Gasteiger partial charge on any atom is -0.459 e. The van der Waals surface area contributed by atoms with Crippen LogP contribution in [0.3, 0.4) is 0 Å². The van der Waals surface area contributed by atoms with Crippen molar-refractivity contribution in [1.29, 1.82) is 0 Å². The molecule has 1 atom stereocenters. The summed E-state index contributed by atoms with van der Waals surface area (Å²) in [4.78, 5) is 31.1. The van der Waals surface area contributed by atoms with Crippen molar-refractivity contribution in [2.45, 2.75) is 31.8 Å². The topological polar surface area (TPSA) is 80.4 Å². The highest BCUT2D eigenvalue weighted by Crippen LogP contribution is 2.19. The molecule has 4 rings (SSSR count). The minimum absolute atomic E-state index is 0.0334. The van der Waals surface area contributed by atoms with Crippen molar-refractivity contribution in [3.8, 4) is 0 Å². The van der Waals surface area contributed by atoms with E-state index in [2.05, 4.69) is 10.3 Å². The summed E-state index contributed by atoms with van der Waals surface area (Å²) < 4.78 is 7.07. The zero-order valence-corrected chi connectivity index (χ0v) is 15.2. The Labute approximate surface area is 157 Å². The Morgan fingerprint density at radius 2 is 1.96 bits per heavy atom. The Morgan fingerprint density at radius 1 is 1.19 bits per heavy atom. The number of imidazole rings is 1. The summed E-state index contributed by atoms with van der Waals surface area (Å²) >= 11 is 0. The van der Waals surface area contributed by atoms with E-state index < -0.39 is 0 Å². The number of para-hydroxylation sites is 2. The maximum atomic E-state index is 12.7. The van der Waals surface area contributed by atoms with Gasteiger partial charge in [-0.05, 0) is 44.0 Å². The molecule has 27 heavy (non-hydrogen) atoms. The fourth-order valence-corrected chi connectivity index (χ4v) is 3.52. The SMILES string of the molecule is CC(C(=O)NC1CCN(C(=O)c2ccco2)CC1)n1cnc2ccccc21. The van der Waals surface area contributed by atoms with Gasteiger partial charge in [-0.2, -0.15) is 0 Å². The van der Waals surface area contributed by atoms with Crippen molar-refractivity contribution in [1.82, 2.24) is 19.8 Å². The molecule has 1 saturated heterocycles. The van der Waals surface area contributed by atoms with Crippen molar-refractivity contribution in [3.05, 3.63) is 54.7 Å². The molecule has 1 aliphatic heterocycles. The zero-order valence-electron chi connectivity index (χ0n) is 15.2. The molecule has 0 saturated carbocycles. The summed E-state index contributed by atoms with van der Waals surface area (Å²) in [5.41, 5.74) is 1.82. The van der Waals surface area contributed by atoms with E-state index in [9.17, 15) is 9.59 Å². The van der Waals surface area contributed by atoms with Crippen molar-refractivity contribution in [2.24, 2.45) is 0 Å². The average Bonchev–Trinajstić information content (AvgIpc) is 3.37. The first-order valence-corrected chi connectivity index (χ1v) is 9.18. The Balaban J connectivity index is 1.35. The first-order chi connectivity index (χ1) is 13.1. The van der Waals surface area contributed by atoms with E-state index in [1.54, 1.807) is 23.4 Å². The number of aromatic nitrogens is 2. The maximum Gasteiger partial charge on any atom is 0.289 e. The van der Waals surface area contributed by atoms with Crippen molar-refractivity contribution >= 4 is 22.8 Å². The number of nitrogens with zero attached hydrogens (tertiary/aromatic N) is 3. The number of hydrogen-bond acceptors (Lipinski definition) is 4. The van der Waals surface area contributed by atoms with Gasteiger partial charge in [-0.15, -0.1) is 0 Å². The van der Waals surface area contributed by atoms with Gasteiger partial charge in [-0.25, -0.2) is 4.98 Å². The Bertz CT molecular complexity index is 939. The van der Waals surface area contributed by atoms with Crippen LogP contribution in [0.15, 0.2) is 53.4 Å². The van der Waals surface area contributed by atoms with E-state index in [1.165, 1.54) is 6.26 Å². The normalized spacial score (nSPS) is 16.4. The molecule has 2 amide bonds. The van der Waals surface area contributed by atoms with Gasteiger partial charge in [0.05, 0.1) is 23.6 Å². The van der Waals surface area contributed by atoms with Crippen LogP contribution in [0.25, 0.3) is 11.0 Å². The summed E-state index contributed by atoms with van der Waals surface area (Å²) in [6, 6.07) is 10.9. The van der Waals surface area contributed by atoms with Crippen LogP contribution in [-0.4, -0.2) is 45.4 Å². The quantitative estimate of drug-likeness (QED) is 0.770. The van der Waals surface area contributed by atoms with Crippen LogP contribution in [0.2, 0.25) is 0 Å². The lowest BCUT2D eigenvalue weighted by Gasteiger charge is -2.32. The Kier molecular flexibility index (Phi) is 4.66. The molecular weight excluding hydrogens is 344 g/mol. The smallest absolute Gasteiger partial charge is 0.289 e. The van der Waals surface area contributed by atoms with Crippen molar-refractivity contribution in [3.63, 3.8) is 0 Å². The molecule has 3 heterocycles. The molecule has 7 nitrogen and oxygen atoms in total. The second kappa shape index (κ2) is 7.26. The summed E-state index contributed by atoms with van der Waals surface area (Å²) in [6.07, 6.45) is 4.67. The number of furan rings is 1. The predicted molar refractivity (Wildman–Crippen MR) is 100 cm³/mol. The van der Waals surface area contributed by atoms with Gasteiger partial charge in [0.25, 0.3) is 5.91 Å². The van der Waals surface area contributed by atoms with Crippen LogP contribution >= 0.6 is 0 Å². The molecule has 0 radical (unpaired) electrons. The van der Waals surface area contributed by atoms with E-state index >= 15 is 0 Å². The molecule has 3 aromatic rings. The number of rotatable bonds is 4. The summed E-state index contributed by atoms with van der Waals surface area (Å²) in [5, 5.41) is 3.12. The van der Waals surface area contributed by atoms with Crippen LogP contribution in [0.5, 0.6) is 0 Å².